The van der Waals surface area contributed by atoms with Gasteiger partial charge in [0.25, 0.3) is 0 Å². The molecule has 39 heavy (non-hydrogen) atoms. The van der Waals surface area contributed by atoms with Crippen LogP contribution in [0.2, 0.25) is 0 Å². The summed E-state index contributed by atoms with van der Waals surface area (Å²) in [4.78, 5) is 45.0. The first kappa shape index (κ1) is 29.4. The molecule has 0 aliphatic carbocycles. The number of anilines is 1. The zero-order valence-corrected chi connectivity index (χ0v) is 25.4. The van der Waals surface area contributed by atoms with Crippen LogP contribution in [0.4, 0.5) is 5.69 Å². The van der Waals surface area contributed by atoms with E-state index >= 15 is 0 Å². The van der Waals surface area contributed by atoms with Crippen LogP contribution < -0.4 is 16.0 Å². The second-order valence-electron chi connectivity index (χ2n) is 10.2. The summed E-state index contributed by atoms with van der Waals surface area (Å²) < 4.78 is 24.4. The second kappa shape index (κ2) is 11.9. The summed E-state index contributed by atoms with van der Waals surface area (Å²) in [7, 11) is -0.777. The lowest BCUT2D eigenvalue weighted by Crippen LogP contribution is -2.52. The number of benzene rings is 2. The Morgan fingerprint density at radius 1 is 1.23 bits per heavy atom. The first-order valence-corrected chi connectivity index (χ1v) is 15.9. The third kappa shape index (κ3) is 6.76. The SMILES string of the molecule is C[C@H]1CCc2cc(Br)cc3c2N(C1=O)[C@H](C(=O)N[C@@H](CCC(N)=O)C(P)=NCc1ccc(S(C)(=O)=O)cc1)C3. The zero-order chi connectivity index (χ0) is 28.5. The molecule has 4 rings (SSSR count). The molecule has 2 aromatic rings. The number of amides is 3. The fraction of sp³-hybridized carbons (Fsp3) is 0.407. The summed E-state index contributed by atoms with van der Waals surface area (Å²) in [6.07, 6.45) is 3.30. The summed E-state index contributed by atoms with van der Waals surface area (Å²) in [6.45, 7) is 2.14. The van der Waals surface area contributed by atoms with Crippen LogP contribution in [-0.2, 0) is 43.6 Å². The number of nitrogens with zero attached hydrogens (tertiary/aromatic N) is 2. The van der Waals surface area contributed by atoms with Gasteiger partial charge in [0.05, 0.1) is 28.6 Å². The molecular weight excluding hydrogens is 603 g/mol. The highest BCUT2D eigenvalue weighted by atomic mass is 79.9. The van der Waals surface area contributed by atoms with Crippen LogP contribution >= 0.6 is 25.2 Å². The van der Waals surface area contributed by atoms with Gasteiger partial charge in [-0.05, 0) is 60.2 Å². The molecule has 2 aliphatic rings. The van der Waals surface area contributed by atoms with Gasteiger partial charge in [-0.15, -0.1) is 0 Å². The van der Waals surface area contributed by atoms with Crippen molar-refractivity contribution < 1.29 is 22.8 Å². The molecule has 208 valence electrons. The number of nitrogens with two attached hydrogens (primary N) is 1. The molecule has 0 aromatic heterocycles. The lowest BCUT2D eigenvalue weighted by atomic mass is 9.99. The first-order valence-electron chi connectivity index (χ1n) is 12.7. The minimum absolute atomic E-state index is 0.0447. The number of aryl methyl sites for hydroxylation is 1. The Hall–Kier alpha value is -2.62. The van der Waals surface area contributed by atoms with Crippen molar-refractivity contribution in [2.24, 2.45) is 16.6 Å². The standard InChI is InChI=1S/C27H32BrN4O5PS/c1-15-3-6-17-11-19(28)12-18-13-22(32(24(17)18)27(15)35)25(34)31-21(9-10-23(29)33)26(38)30-14-16-4-7-20(8-5-16)39(2,36)37/h4-5,7-8,11-12,15,21-22H,3,6,9-10,13-14,38H2,1-2H3,(H2,29,33)(H,31,34)/t15-,21-,22-/m0/s1. The number of hydrogen-bond donors (Lipinski definition) is 2. The van der Waals surface area contributed by atoms with Gasteiger partial charge >= 0.3 is 0 Å². The lowest BCUT2D eigenvalue weighted by Gasteiger charge is -2.28. The molecule has 0 fully saturated rings. The molecule has 0 radical (unpaired) electrons. The first-order chi connectivity index (χ1) is 18.3. The van der Waals surface area contributed by atoms with Crippen molar-refractivity contribution in [2.75, 3.05) is 11.2 Å². The summed E-state index contributed by atoms with van der Waals surface area (Å²) >= 11 is 3.56. The predicted octanol–water partition coefficient (Wildman–Crippen LogP) is 2.92. The predicted molar refractivity (Wildman–Crippen MR) is 157 cm³/mol. The molecule has 3 amide bonds. The van der Waals surface area contributed by atoms with Crippen LogP contribution in [-0.4, -0.2) is 49.9 Å². The molecule has 12 heteroatoms. The third-order valence-corrected chi connectivity index (χ3v) is 9.33. The van der Waals surface area contributed by atoms with Crippen molar-refractivity contribution in [1.82, 2.24) is 5.32 Å². The number of rotatable bonds is 9. The average molecular weight is 636 g/mol. The number of aliphatic imine (C=N–C) groups is 1. The van der Waals surface area contributed by atoms with E-state index in [1.807, 2.05) is 19.1 Å². The minimum Gasteiger partial charge on any atom is -0.370 e. The Kier molecular flexibility index (Phi) is 8.93. The lowest BCUT2D eigenvalue weighted by molar-refractivity contribution is -0.127. The maximum absolute atomic E-state index is 13.7. The molecule has 2 heterocycles. The molecule has 0 spiro atoms. The van der Waals surface area contributed by atoms with Crippen molar-refractivity contribution in [3.05, 3.63) is 57.6 Å². The van der Waals surface area contributed by atoms with Gasteiger partial charge in [0.15, 0.2) is 9.84 Å². The highest BCUT2D eigenvalue weighted by Crippen LogP contribution is 2.42. The highest BCUT2D eigenvalue weighted by molar-refractivity contribution is 9.10. The molecule has 0 bridgehead atoms. The van der Waals surface area contributed by atoms with Crippen molar-refractivity contribution in [3.63, 3.8) is 0 Å². The fourth-order valence-electron chi connectivity index (χ4n) is 5.02. The van der Waals surface area contributed by atoms with E-state index in [0.29, 0.717) is 18.3 Å². The van der Waals surface area contributed by atoms with Crippen molar-refractivity contribution in [3.8, 4) is 0 Å². The minimum atomic E-state index is -3.30. The van der Waals surface area contributed by atoms with Crippen molar-refractivity contribution in [2.45, 2.75) is 62.6 Å². The van der Waals surface area contributed by atoms with Gasteiger partial charge in [-0.3, -0.25) is 24.3 Å². The summed E-state index contributed by atoms with van der Waals surface area (Å²) in [5.41, 5.74) is 9.53. The van der Waals surface area contributed by atoms with Crippen molar-refractivity contribution >= 4 is 63.9 Å². The Morgan fingerprint density at radius 3 is 2.54 bits per heavy atom. The molecule has 2 aromatic carbocycles. The number of sulfone groups is 1. The number of primary amides is 1. The van der Waals surface area contributed by atoms with E-state index in [-0.39, 0.29) is 42.0 Å². The van der Waals surface area contributed by atoms with E-state index in [1.165, 1.54) is 12.1 Å². The maximum Gasteiger partial charge on any atom is 0.244 e. The number of hydrogen-bond acceptors (Lipinski definition) is 6. The van der Waals surface area contributed by atoms with Crippen LogP contribution in [0.15, 0.2) is 50.8 Å². The van der Waals surface area contributed by atoms with E-state index in [2.05, 4.69) is 35.5 Å². The molecule has 0 saturated carbocycles. The Bertz CT molecular complexity index is 1440. The van der Waals surface area contributed by atoms with Gasteiger partial charge in [-0.1, -0.05) is 44.2 Å². The summed E-state index contributed by atoms with van der Waals surface area (Å²) in [6, 6.07) is 9.10. The monoisotopic (exact) mass is 634 g/mol. The van der Waals surface area contributed by atoms with Crippen LogP contribution in [0.25, 0.3) is 0 Å². The number of carbonyl (C=O) groups is 3. The fourth-order valence-corrected chi connectivity index (χ4v) is 6.54. The van der Waals surface area contributed by atoms with Crippen LogP contribution in [0.1, 0.15) is 42.9 Å². The Balaban J connectivity index is 1.55. The third-order valence-electron chi connectivity index (χ3n) is 7.16. The van der Waals surface area contributed by atoms with Gasteiger partial charge in [0.2, 0.25) is 17.7 Å². The van der Waals surface area contributed by atoms with Crippen molar-refractivity contribution in [1.29, 1.82) is 0 Å². The van der Waals surface area contributed by atoms with Gasteiger partial charge in [-0.25, -0.2) is 8.42 Å². The maximum atomic E-state index is 13.7. The molecule has 4 atom stereocenters. The molecule has 0 saturated heterocycles. The van der Waals surface area contributed by atoms with Crippen LogP contribution in [0.5, 0.6) is 0 Å². The average Bonchev–Trinajstić information content (AvgIpc) is 3.20. The van der Waals surface area contributed by atoms with Gasteiger partial charge < -0.3 is 11.1 Å². The van der Waals surface area contributed by atoms with Gasteiger partial charge in [0, 0.05) is 29.5 Å². The second-order valence-corrected chi connectivity index (χ2v) is 13.7. The zero-order valence-electron chi connectivity index (χ0n) is 21.8. The molecular formula is C27H32BrN4O5PS. The largest absolute Gasteiger partial charge is 0.370 e. The van der Waals surface area contributed by atoms with E-state index in [1.54, 1.807) is 17.0 Å². The highest BCUT2D eigenvalue weighted by Gasteiger charge is 2.43. The smallest absolute Gasteiger partial charge is 0.244 e. The number of nitrogens with one attached hydrogen (secondary N) is 1. The quantitative estimate of drug-likeness (QED) is 0.323. The van der Waals surface area contributed by atoms with Gasteiger partial charge in [-0.2, -0.15) is 0 Å². The van der Waals surface area contributed by atoms with E-state index in [4.69, 9.17) is 5.73 Å². The normalized spacial score (nSPS) is 19.8. The Morgan fingerprint density at radius 2 is 1.90 bits per heavy atom. The molecule has 2 aliphatic heterocycles. The van der Waals surface area contributed by atoms with Crippen LogP contribution in [0, 0.1) is 5.92 Å². The van der Waals surface area contributed by atoms with Crippen LogP contribution in [0.3, 0.4) is 0 Å². The molecule has 1 unspecified atom stereocenters. The molecule has 9 nitrogen and oxygen atoms in total. The van der Waals surface area contributed by atoms with Gasteiger partial charge in [0.1, 0.15) is 6.04 Å². The van der Waals surface area contributed by atoms with E-state index in [9.17, 15) is 22.8 Å². The Labute approximate surface area is 239 Å². The molecule has 3 N–H and O–H groups in total. The van der Waals surface area contributed by atoms with E-state index < -0.39 is 27.8 Å². The number of carbonyl (C=O) groups excluding carboxylic acids is 3. The number of halogens is 1. The summed E-state index contributed by atoms with van der Waals surface area (Å²) in [5, 5.41) is 3.01. The van der Waals surface area contributed by atoms with E-state index in [0.717, 1.165) is 39.5 Å². The summed E-state index contributed by atoms with van der Waals surface area (Å²) in [5.74, 6) is -1.10. The topological polar surface area (TPSA) is 139 Å².